The van der Waals surface area contributed by atoms with Crippen molar-refractivity contribution >= 4 is 29.5 Å². The van der Waals surface area contributed by atoms with Gasteiger partial charge in [0.05, 0.1) is 11.3 Å². The van der Waals surface area contributed by atoms with Gasteiger partial charge in [0.1, 0.15) is 5.92 Å². The number of carbonyl (C=O) groups is 2. The Bertz CT molecular complexity index is 965. The minimum absolute atomic E-state index is 0.125. The van der Waals surface area contributed by atoms with Gasteiger partial charge < -0.3 is 5.73 Å². The third-order valence-electron chi connectivity index (χ3n) is 4.28. The van der Waals surface area contributed by atoms with Crippen LogP contribution in [0.1, 0.15) is 28.2 Å². The number of hydrazone groups is 1. The van der Waals surface area contributed by atoms with Gasteiger partial charge in [0.25, 0.3) is 0 Å². The Morgan fingerprint density at radius 2 is 1.82 bits per heavy atom. The molecule has 0 saturated heterocycles. The van der Waals surface area contributed by atoms with Crippen molar-refractivity contribution in [3.63, 3.8) is 0 Å². The Kier molecular flexibility index (Phi) is 4.84. The number of alkyl halides is 3. The number of nitrogens with zero attached hydrogens (tertiary/aromatic N) is 2. The fraction of sp³-hybridized carbons (Fsp3) is 0.211. The van der Waals surface area contributed by atoms with Gasteiger partial charge in [-0.05, 0) is 54.8 Å². The van der Waals surface area contributed by atoms with Gasteiger partial charge in [-0.1, -0.05) is 12.1 Å². The van der Waals surface area contributed by atoms with Crippen LogP contribution < -0.4 is 16.1 Å². The lowest BCUT2D eigenvalue weighted by atomic mass is 10.0. The van der Waals surface area contributed by atoms with Crippen LogP contribution in [0.3, 0.4) is 0 Å². The summed E-state index contributed by atoms with van der Waals surface area (Å²) >= 11 is 0. The molecular formula is C19H17F3N4O2. The SMILES string of the molecule is Cc1cc(C)cc(N2C(=O)C(/C=N\NC(N)=O)c3ccc(C(F)(F)F)cc32)c1. The summed E-state index contributed by atoms with van der Waals surface area (Å²) < 4.78 is 39.6. The van der Waals surface area contributed by atoms with E-state index in [1.165, 1.54) is 11.0 Å². The van der Waals surface area contributed by atoms with E-state index in [1.807, 2.05) is 25.3 Å². The van der Waals surface area contributed by atoms with Crippen molar-refractivity contribution in [2.45, 2.75) is 25.9 Å². The molecule has 2 aromatic rings. The molecule has 28 heavy (non-hydrogen) atoms. The molecule has 0 fully saturated rings. The second kappa shape index (κ2) is 6.99. The van der Waals surface area contributed by atoms with Crippen LogP contribution in [0.4, 0.5) is 29.3 Å². The molecule has 3 rings (SSSR count). The first kappa shape index (κ1) is 19.4. The van der Waals surface area contributed by atoms with Crippen LogP contribution in [0.15, 0.2) is 41.5 Å². The third-order valence-corrected chi connectivity index (χ3v) is 4.28. The van der Waals surface area contributed by atoms with Crippen LogP contribution in [-0.4, -0.2) is 18.2 Å². The zero-order chi connectivity index (χ0) is 20.6. The molecule has 0 aliphatic carbocycles. The number of anilines is 2. The van der Waals surface area contributed by atoms with Gasteiger partial charge in [-0.2, -0.15) is 18.3 Å². The summed E-state index contributed by atoms with van der Waals surface area (Å²) in [4.78, 5) is 25.1. The Morgan fingerprint density at radius 1 is 1.18 bits per heavy atom. The van der Waals surface area contributed by atoms with Crippen LogP contribution in [0.25, 0.3) is 0 Å². The van der Waals surface area contributed by atoms with Crippen LogP contribution in [0.5, 0.6) is 0 Å². The van der Waals surface area contributed by atoms with E-state index in [4.69, 9.17) is 5.73 Å². The average Bonchev–Trinajstić information content (AvgIpc) is 2.84. The van der Waals surface area contributed by atoms with E-state index in [0.29, 0.717) is 11.3 Å². The van der Waals surface area contributed by atoms with E-state index in [0.717, 1.165) is 29.5 Å². The predicted octanol–water partition coefficient (Wildman–Crippen LogP) is 3.74. The Hall–Kier alpha value is -3.36. The first-order chi connectivity index (χ1) is 13.1. The van der Waals surface area contributed by atoms with Crippen LogP contribution in [0.2, 0.25) is 0 Å². The fourth-order valence-corrected chi connectivity index (χ4v) is 3.23. The monoisotopic (exact) mass is 390 g/mol. The number of hydrogen-bond donors (Lipinski definition) is 2. The molecule has 0 aromatic heterocycles. The second-order valence-electron chi connectivity index (χ2n) is 6.52. The summed E-state index contributed by atoms with van der Waals surface area (Å²) in [7, 11) is 0. The van der Waals surface area contributed by atoms with Gasteiger partial charge in [0, 0.05) is 11.9 Å². The summed E-state index contributed by atoms with van der Waals surface area (Å²) in [5.74, 6) is -1.43. The van der Waals surface area contributed by atoms with E-state index < -0.39 is 29.6 Å². The number of aryl methyl sites for hydroxylation is 2. The largest absolute Gasteiger partial charge is 0.416 e. The second-order valence-corrected chi connectivity index (χ2v) is 6.52. The highest BCUT2D eigenvalue weighted by Crippen LogP contribution is 2.44. The third kappa shape index (κ3) is 3.68. The molecule has 146 valence electrons. The molecule has 1 atom stereocenters. The topological polar surface area (TPSA) is 87.8 Å². The first-order valence-corrected chi connectivity index (χ1v) is 8.30. The van der Waals surface area contributed by atoms with Crippen molar-refractivity contribution < 1.29 is 22.8 Å². The number of primary amides is 1. The normalized spacial score (nSPS) is 16.5. The number of nitrogens with one attached hydrogen (secondary N) is 1. The molecule has 1 aliphatic rings. The van der Waals surface area contributed by atoms with Gasteiger partial charge in [-0.3, -0.25) is 9.69 Å². The van der Waals surface area contributed by atoms with Crippen LogP contribution in [0, 0.1) is 13.8 Å². The van der Waals surface area contributed by atoms with Crippen molar-refractivity contribution in [2.75, 3.05) is 4.90 Å². The number of carbonyl (C=O) groups excluding carboxylic acids is 2. The highest BCUT2D eigenvalue weighted by atomic mass is 19.4. The molecule has 0 spiro atoms. The Balaban J connectivity index is 2.14. The predicted molar refractivity (Wildman–Crippen MR) is 98.5 cm³/mol. The molecule has 0 saturated carbocycles. The summed E-state index contributed by atoms with van der Waals surface area (Å²) in [5.41, 5.74) is 8.74. The summed E-state index contributed by atoms with van der Waals surface area (Å²) in [5, 5.41) is 3.62. The van der Waals surface area contributed by atoms with Gasteiger partial charge in [0.2, 0.25) is 5.91 Å². The standard InChI is InChI=1S/C19H17F3N4O2/c1-10-5-11(2)7-13(6-10)26-16-8-12(19(20,21)22)3-4-14(16)15(17(26)27)9-24-25-18(23)28/h3-9,15H,1-2H3,(H3,23,25,28)/b24-9-. The summed E-state index contributed by atoms with van der Waals surface area (Å²) in [6.45, 7) is 3.67. The average molecular weight is 390 g/mol. The molecule has 9 heteroatoms. The molecule has 1 heterocycles. The van der Waals surface area contributed by atoms with Crippen molar-refractivity contribution in [2.24, 2.45) is 10.8 Å². The lowest BCUT2D eigenvalue weighted by molar-refractivity contribution is -0.137. The zero-order valence-electron chi connectivity index (χ0n) is 15.0. The molecule has 3 amide bonds. The Morgan fingerprint density at radius 3 is 2.39 bits per heavy atom. The van der Waals surface area contributed by atoms with E-state index in [1.54, 1.807) is 12.1 Å². The van der Waals surface area contributed by atoms with Crippen LogP contribution >= 0.6 is 0 Å². The summed E-state index contributed by atoms with van der Waals surface area (Å²) in [6.07, 6.45) is -3.40. The maximum absolute atomic E-state index is 13.2. The number of benzene rings is 2. The van der Waals surface area contributed by atoms with E-state index in [9.17, 15) is 22.8 Å². The highest BCUT2D eigenvalue weighted by molar-refractivity contribution is 6.17. The van der Waals surface area contributed by atoms with E-state index >= 15 is 0 Å². The molecule has 1 aliphatic heterocycles. The molecule has 1 unspecified atom stereocenters. The number of halogens is 3. The smallest absolute Gasteiger partial charge is 0.350 e. The van der Waals surface area contributed by atoms with Gasteiger partial charge in [-0.25, -0.2) is 10.2 Å². The van der Waals surface area contributed by atoms with Crippen molar-refractivity contribution in [1.82, 2.24) is 5.43 Å². The van der Waals surface area contributed by atoms with Crippen molar-refractivity contribution in [3.8, 4) is 0 Å². The van der Waals surface area contributed by atoms with Gasteiger partial charge >= 0.3 is 12.2 Å². The lowest BCUT2D eigenvalue weighted by Crippen LogP contribution is -2.27. The lowest BCUT2D eigenvalue weighted by Gasteiger charge is -2.20. The van der Waals surface area contributed by atoms with E-state index in [2.05, 4.69) is 5.10 Å². The molecule has 0 bridgehead atoms. The number of hydrogen-bond acceptors (Lipinski definition) is 3. The molecular weight excluding hydrogens is 373 g/mol. The number of fused-ring (bicyclic) bond motifs is 1. The number of urea groups is 1. The minimum atomic E-state index is -4.55. The van der Waals surface area contributed by atoms with E-state index in [-0.39, 0.29) is 5.69 Å². The number of amides is 3. The number of rotatable bonds is 3. The Labute approximate surface area is 158 Å². The highest BCUT2D eigenvalue weighted by Gasteiger charge is 2.40. The van der Waals surface area contributed by atoms with Gasteiger partial charge in [0.15, 0.2) is 0 Å². The molecule has 0 radical (unpaired) electrons. The maximum atomic E-state index is 13.2. The van der Waals surface area contributed by atoms with Crippen LogP contribution in [-0.2, 0) is 11.0 Å². The minimum Gasteiger partial charge on any atom is -0.350 e. The molecule has 2 aromatic carbocycles. The first-order valence-electron chi connectivity index (χ1n) is 8.30. The van der Waals surface area contributed by atoms with Gasteiger partial charge in [-0.15, -0.1) is 0 Å². The number of nitrogens with two attached hydrogens (primary N) is 1. The molecule has 6 nitrogen and oxygen atoms in total. The molecule has 3 N–H and O–H groups in total. The maximum Gasteiger partial charge on any atom is 0.416 e. The zero-order valence-corrected chi connectivity index (χ0v) is 15.0. The summed E-state index contributed by atoms with van der Waals surface area (Å²) in [6, 6.07) is 7.53. The van der Waals surface area contributed by atoms with Crippen molar-refractivity contribution in [1.29, 1.82) is 0 Å². The quantitative estimate of drug-likeness (QED) is 0.618. The van der Waals surface area contributed by atoms with Crippen molar-refractivity contribution in [3.05, 3.63) is 58.7 Å². The fourth-order valence-electron chi connectivity index (χ4n) is 3.23.